The van der Waals surface area contributed by atoms with E-state index in [0.717, 1.165) is 24.1 Å². The van der Waals surface area contributed by atoms with E-state index in [9.17, 15) is 9.18 Å². The van der Waals surface area contributed by atoms with Crippen LogP contribution in [0.5, 0.6) is 0 Å². The summed E-state index contributed by atoms with van der Waals surface area (Å²) >= 11 is 0. The molecule has 0 aromatic heterocycles. The van der Waals surface area contributed by atoms with E-state index in [1.807, 2.05) is 19.1 Å². The van der Waals surface area contributed by atoms with Crippen LogP contribution in [0, 0.1) is 0 Å². The second kappa shape index (κ2) is 10.1. The van der Waals surface area contributed by atoms with Crippen molar-refractivity contribution in [3.05, 3.63) is 29.8 Å². The highest BCUT2D eigenvalue weighted by atomic mass is 19.1. The van der Waals surface area contributed by atoms with Crippen molar-refractivity contribution in [1.82, 2.24) is 0 Å². The topological polar surface area (TPSA) is 67.5 Å². The number of nitrogens with one attached hydrogen (secondary N) is 1. The fourth-order valence-corrected chi connectivity index (χ4v) is 1.19. The summed E-state index contributed by atoms with van der Waals surface area (Å²) < 4.78 is 11.0. The molecule has 1 amide bonds. The summed E-state index contributed by atoms with van der Waals surface area (Å²) in [5.74, 6) is 0.397. The van der Waals surface area contributed by atoms with Crippen LogP contribution >= 0.6 is 0 Å². The van der Waals surface area contributed by atoms with Crippen LogP contribution in [0.25, 0.3) is 0 Å². The van der Waals surface area contributed by atoms with Crippen molar-refractivity contribution >= 4 is 17.4 Å². The van der Waals surface area contributed by atoms with Crippen molar-refractivity contribution in [2.45, 2.75) is 26.7 Å². The van der Waals surface area contributed by atoms with Gasteiger partial charge in [-0.05, 0) is 30.7 Å². The standard InChI is InChI=1S/C10H13N3O.C4H9F/c1-7(14)13-9-5-3-8(4-6-9)10(11)12-2;1-2-3-4-5/h3-6H,1-2H3,(H2,11,12)(H,13,14);2-4H2,1H3. The number of hydrogen-bond donors (Lipinski definition) is 2. The Labute approximate surface area is 113 Å². The van der Waals surface area contributed by atoms with Gasteiger partial charge < -0.3 is 11.1 Å². The Balaban J connectivity index is 0.000000555. The van der Waals surface area contributed by atoms with Crippen molar-refractivity contribution in [3.8, 4) is 0 Å². The number of carbonyl (C=O) groups is 1. The second-order valence-electron chi connectivity index (χ2n) is 3.91. The van der Waals surface area contributed by atoms with Crippen LogP contribution in [0.1, 0.15) is 32.3 Å². The number of benzene rings is 1. The van der Waals surface area contributed by atoms with Gasteiger partial charge >= 0.3 is 0 Å². The Hall–Kier alpha value is -1.91. The molecule has 1 aromatic carbocycles. The summed E-state index contributed by atoms with van der Waals surface area (Å²) in [6.07, 6.45) is 1.69. The summed E-state index contributed by atoms with van der Waals surface area (Å²) in [6, 6.07) is 7.20. The Bertz CT molecular complexity index is 400. The maximum atomic E-state index is 11.0. The third kappa shape index (κ3) is 7.91. The molecule has 0 spiro atoms. The molecular formula is C14H22FN3O. The highest BCUT2D eigenvalue weighted by Crippen LogP contribution is 2.08. The minimum Gasteiger partial charge on any atom is -0.384 e. The van der Waals surface area contributed by atoms with Gasteiger partial charge in [0.2, 0.25) is 5.91 Å². The minimum atomic E-state index is -0.156. The first kappa shape index (κ1) is 17.1. The zero-order valence-electron chi connectivity index (χ0n) is 11.7. The van der Waals surface area contributed by atoms with Gasteiger partial charge in [0.25, 0.3) is 0 Å². The fraction of sp³-hybridized carbons (Fsp3) is 0.429. The third-order valence-corrected chi connectivity index (χ3v) is 2.23. The van der Waals surface area contributed by atoms with Gasteiger partial charge in [0, 0.05) is 25.2 Å². The highest BCUT2D eigenvalue weighted by molar-refractivity contribution is 5.98. The predicted octanol–water partition coefficient (Wildman–Crippen LogP) is 2.74. The van der Waals surface area contributed by atoms with Crippen LogP contribution in [-0.4, -0.2) is 25.5 Å². The van der Waals surface area contributed by atoms with E-state index in [4.69, 9.17) is 5.73 Å². The van der Waals surface area contributed by atoms with Crippen molar-refractivity contribution in [3.63, 3.8) is 0 Å². The number of nitrogens with zero attached hydrogens (tertiary/aromatic N) is 1. The molecule has 0 bridgehead atoms. The third-order valence-electron chi connectivity index (χ3n) is 2.23. The molecule has 5 heteroatoms. The molecule has 0 radical (unpaired) electrons. The van der Waals surface area contributed by atoms with Gasteiger partial charge in [-0.1, -0.05) is 13.3 Å². The van der Waals surface area contributed by atoms with Gasteiger partial charge in [-0.15, -0.1) is 0 Å². The van der Waals surface area contributed by atoms with E-state index in [0.29, 0.717) is 5.84 Å². The minimum absolute atomic E-state index is 0.0881. The zero-order chi connectivity index (χ0) is 14.7. The first-order valence-electron chi connectivity index (χ1n) is 6.21. The summed E-state index contributed by atoms with van der Waals surface area (Å²) in [6.45, 7) is 3.28. The predicted molar refractivity (Wildman–Crippen MR) is 78.3 cm³/mol. The summed E-state index contributed by atoms with van der Waals surface area (Å²) in [5.41, 5.74) is 7.21. The van der Waals surface area contributed by atoms with Crippen LogP contribution in [0.4, 0.5) is 10.1 Å². The van der Waals surface area contributed by atoms with Gasteiger partial charge in [0.1, 0.15) is 5.84 Å². The number of carbonyl (C=O) groups excluding carboxylic acids is 1. The maximum absolute atomic E-state index is 11.0. The molecule has 0 saturated heterocycles. The number of aliphatic imine (C=N–C) groups is 1. The Morgan fingerprint density at radius 3 is 2.26 bits per heavy atom. The molecule has 1 rings (SSSR count). The molecule has 0 aliphatic rings. The van der Waals surface area contributed by atoms with Crippen LogP contribution in [-0.2, 0) is 4.79 Å². The molecule has 0 heterocycles. The summed E-state index contributed by atoms with van der Waals surface area (Å²) in [4.78, 5) is 14.6. The average Bonchev–Trinajstić information content (AvgIpc) is 2.40. The molecule has 0 saturated carbocycles. The molecule has 1 aromatic rings. The molecule has 3 N–H and O–H groups in total. The van der Waals surface area contributed by atoms with Crippen molar-refractivity contribution in [2.75, 3.05) is 19.0 Å². The van der Waals surface area contributed by atoms with Crippen LogP contribution < -0.4 is 11.1 Å². The number of anilines is 1. The Morgan fingerprint density at radius 1 is 1.37 bits per heavy atom. The number of halogens is 1. The van der Waals surface area contributed by atoms with Crippen molar-refractivity contribution < 1.29 is 9.18 Å². The molecule has 106 valence electrons. The van der Waals surface area contributed by atoms with E-state index in [2.05, 4.69) is 10.3 Å². The number of nitrogens with two attached hydrogens (primary N) is 1. The molecule has 4 nitrogen and oxygen atoms in total. The number of amidine groups is 1. The normalized spacial score (nSPS) is 10.4. The number of unbranched alkanes of at least 4 members (excludes halogenated alkanes) is 1. The van der Waals surface area contributed by atoms with E-state index in [1.54, 1.807) is 19.2 Å². The Kier molecular flexibility index (Phi) is 9.04. The van der Waals surface area contributed by atoms with Gasteiger partial charge in [-0.25, -0.2) is 0 Å². The first-order valence-corrected chi connectivity index (χ1v) is 6.21. The average molecular weight is 267 g/mol. The highest BCUT2D eigenvalue weighted by Gasteiger charge is 1.98. The van der Waals surface area contributed by atoms with Gasteiger partial charge in [0.05, 0.1) is 6.67 Å². The van der Waals surface area contributed by atoms with E-state index in [1.165, 1.54) is 6.92 Å². The maximum Gasteiger partial charge on any atom is 0.221 e. The molecule has 0 aliphatic heterocycles. The van der Waals surface area contributed by atoms with E-state index < -0.39 is 0 Å². The molecule has 19 heavy (non-hydrogen) atoms. The number of rotatable bonds is 4. The largest absolute Gasteiger partial charge is 0.384 e. The lowest BCUT2D eigenvalue weighted by Crippen LogP contribution is -2.13. The van der Waals surface area contributed by atoms with Crippen molar-refractivity contribution in [1.29, 1.82) is 0 Å². The molecule has 0 unspecified atom stereocenters. The van der Waals surface area contributed by atoms with Gasteiger partial charge in [-0.2, -0.15) is 0 Å². The molecule has 0 atom stereocenters. The van der Waals surface area contributed by atoms with E-state index >= 15 is 0 Å². The molecular weight excluding hydrogens is 245 g/mol. The number of alkyl halides is 1. The lowest BCUT2D eigenvalue weighted by molar-refractivity contribution is -0.114. The van der Waals surface area contributed by atoms with Crippen molar-refractivity contribution in [2.24, 2.45) is 10.7 Å². The van der Waals surface area contributed by atoms with Crippen LogP contribution in [0.2, 0.25) is 0 Å². The lowest BCUT2D eigenvalue weighted by atomic mass is 10.2. The smallest absolute Gasteiger partial charge is 0.221 e. The summed E-state index contributed by atoms with van der Waals surface area (Å²) in [7, 11) is 1.64. The quantitative estimate of drug-likeness (QED) is 0.650. The molecule has 0 aliphatic carbocycles. The van der Waals surface area contributed by atoms with Gasteiger partial charge in [-0.3, -0.25) is 14.2 Å². The van der Waals surface area contributed by atoms with Crippen LogP contribution in [0.15, 0.2) is 29.3 Å². The summed E-state index contributed by atoms with van der Waals surface area (Å²) in [5, 5.41) is 2.67. The second-order valence-corrected chi connectivity index (χ2v) is 3.91. The monoisotopic (exact) mass is 267 g/mol. The first-order chi connectivity index (χ1) is 9.04. The number of amides is 1. The Morgan fingerprint density at radius 2 is 1.95 bits per heavy atom. The van der Waals surface area contributed by atoms with E-state index in [-0.39, 0.29) is 12.6 Å². The zero-order valence-corrected chi connectivity index (χ0v) is 11.7. The SMILES string of the molecule is CCCCF.CN=C(N)c1ccc(NC(C)=O)cc1. The lowest BCUT2D eigenvalue weighted by Gasteiger charge is -2.03. The van der Waals surface area contributed by atoms with Gasteiger partial charge in [0.15, 0.2) is 0 Å². The molecule has 0 fully saturated rings. The fourth-order valence-electron chi connectivity index (χ4n) is 1.19. The van der Waals surface area contributed by atoms with Crippen LogP contribution in [0.3, 0.4) is 0 Å². The number of hydrogen-bond acceptors (Lipinski definition) is 2.